The molecule has 1 heterocycles. The lowest BCUT2D eigenvalue weighted by molar-refractivity contribution is -0.143. The van der Waals surface area contributed by atoms with E-state index in [2.05, 4.69) is 5.32 Å². The van der Waals surface area contributed by atoms with E-state index in [1.807, 2.05) is 6.92 Å². The van der Waals surface area contributed by atoms with Crippen molar-refractivity contribution in [3.8, 4) is 0 Å². The summed E-state index contributed by atoms with van der Waals surface area (Å²) in [5, 5.41) is 12.2. The molecule has 0 spiro atoms. The molecule has 6 nitrogen and oxygen atoms in total. The fraction of sp³-hybridized carbons (Fsp3) is 0.857. The first-order chi connectivity index (χ1) is 9.63. The van der Waals surface area contributed by atoms with E-state index in [4.69, 9.17) is 4.74 Å². The predicted molar refractivity (Wildman–Crippen MR) is 73.5 cm³/mol. The molecular weight excluding hydrogens is 260 g/mol. The lowest BCUT2D eigenvalue weighted by Crippen LogP contribution is -2.56. The zero-order chi connectivity index (χ0) is 14.5. The lowest BCUT2D eigenvalue weighted by atomic mass is 9.84. The molecule has 2 N–H and O–H groups in total. The van der Waals surface area contributed by atoms with E-state index in [0.29, 0.717) is 26.2 Å². The quantitative estimate of drug-likeness (QED) is 0.822. The van der Waals surface area contributed by atoms with Gasteiger partial charge in [-0.2, -0.15) is 0 Å². The lowest BCUT2D eigenvalue weighted by Gasteiger charge is -2.37. The number of hydrogen-bond donors (Lipinski definition) is 2. The van der Waals surface area contributed by atoms with Crippen molar-refractivity contribution in [2.75, 3.05) is 19.8 Å². The number of morpholine rings is 1. The summed E-state index contributed by atoms with van der Waals surface area (Å²) in [5.41, 5.74) is 0. The number of nitrogens with one attached hydrogen (secondary N) is 1. The molecular formula is C14H24N2O4. The minimum atomic E-state index is -0.802. The van der Waals surface area contributed by atoms with Crippen LogP contribution in [0.25, 0.3) is 0 Å². The van der Waals surface area contributed by atoms with Gasteiger partial charge in [0.1, 0.15) is 0 Å². The Kier molecular flexibility index (Phi) is 5.23. The van der Waals surface area contributed by atoms with Crippen LogP contribution in [0.4, 0.5) is 4.79 Å². The van der Waals surface area contributed by atoms with Crippen LogP contribution in [0, 0.1) is 5.92 Å². The van der Waals surface area contributed by atoms with E-state index in [0.717, 1.165) is 25.7 Å². The molecule has 2 rings (SSSR count). The van der Waals surface area contributed by atoms with Gasteiger partial charge in [0.05, 0.1) is 25.2 Å². The van der Waals surface area contributed by atoms with Crippen LogP contribution in [0.2, 0.25) is 0 Å². The Morgan fingerprint density at radius 1 is 1.35 bits per heavy atom. The highest BCUT2D eigenvalue weighted by atomic mass is 16.5. The third kappa shape index (κ3) is 3.42. The maximum absolute atomic E-state index is 12.4. The summed E-state index contributed by atoms with van der Waals surface area (Å²) < 4.78 is 5.39. The number of urea groups is 1. The number of aliphatic carboxylic acids is 1. The fourth-order valence-corrected chi connectivity index (χ4v) is 3.10. The van der Waals surface area contributed by atoms with Crippen LogP contribution >= 0.6 is 0 Å². The number of amides is 2. The number of rotatable bonds is 3. The van der Waals surface area contributed by atoms with E-state index in [9.17, 15) is 14.7 Å². The van der Waals surface area contributed by atoms with Crippen LogP contribution in [0.3, 0.4) is 0 Å². The van der Waals surface area contributed by atoms with E-state index < -0.39 is 11.9 Å². The smallest absolute Gasteiger partial charge is 0.318 e. The monoisotopic (exact) mass is 284 g/mol. The van der Waals surface area contributed by atoms with Gasteiger partial charge in [0, 0.05) is 12.6 Å². The molecule has 0 radical (unpaired) electrons. The minimum Gasteiger partial charge on any atom is -0.481 e. The highest BCUT2D eigenvalue weighted by molar-refractivity contribution is 5.77. The molecule has 1 saturated heterocycles. The Morgan fingerprint density at radius 2 is 2.10 bits per heavy atom. The number of carboxylic acid groups (broad SMARTS) is 1. The molecule has 2 aliphatic rings. The normalized spacial score (nSPS) is 30.9. The van der Waals surface area contributed by atoms with Crippen molar-refractivity contribution in [2.45, 2.75) is 51.1 Å². The SMILES string of the molecule is CCC1COCCN1C(=O)NC1CCCCC1C(=O)O. The second kappa shape index (κ2) is 6.92. The van der Waals surface area contributed by atoms with E-state index in [1.165, 1.54) is 0 Å². The van der Waals surface area contributed by atoms with Gasteiger partial charge in [0.2, 0.25) is 0 Å². The molecule has 0 aromatic rings. The highest BCUT2D eigenvalue weighted by Crippen LogP contribution is 2.25. The largest absolute Gasteiger partial charge is 0.481 e. The highest BCUT2D eigenvalue weighted by Gasteiger charge is 2.34. The summed E-state index contributed by atoms with van der Waals surface area (Å²) in [6, 6.07) is -0.289. The Morgan fingerprint density at radius 3 is 2.80 bits per heavy atom. The van der Waals surface area contributed by atoms with Crippen molar-refractivity contribution in [3.63, 3.8) is 0 Å². The number of ether oxygens (including phenoxy) is 1. The second-order valence-electron chi connectivity index (χ2n) is 5.62. The maximum Gasteiger partial charge on any atom is 0.318 e. The van der Waals surface area contributed by atoms with Crippen molar-refractivity contribution in [2.24, 2.45) is 5.92 Å². The molecule has 2 amide bonds. The van der Waals surface area contributed by atoms with Gasteiger partial charge >= 0.3 is 12.0 Å². The molecule has 1 saturated carbocycles. The van der Waals surface area contributed by atoms with Crippen LogP contribution < -0.4 is 5.32 Å². The van der Waals surface area contributed by atoms with Gasteiger partial charge in [-0.25, -0.2) is 4.79 Å². The molecule has 114 valence electrons. The van der Waals surface area contributed by atoms with E-state index in [1.54, 1.807) is 4.90 Å². The molecule has 20 heavy (non-hydrogen) atoms. The summed E-state index contributed by atoms with van der Waals surface area (Å²) >= 11 is 0. The standard InChI is InChI=1S/C14H24N2O4/c1-2-10-9-20-8-7-16(10)14(19)15-12-6-4-3-5-11(12)13(17)18/h10-12H,2-9H2,1H3,(H,15,19)(H,17,18). The van der Waals surface area contributed by atoms with Crippen LogP contribution in [0.15, 0.2) is 0 Å². The second-order valence-corrected chi connectivity index (χ2v) is 5.62. The van der Waals surface area contributed by atoms with Crippen LogP contribution in [0.1, 0.15) is 39.0 Å². The van der Waals surface area contributed by atoms with E-state index in [-0.39, 0.29) is 18.1 Å². The first-order valence-corrected chi connectivity index (χ1v) is 7.51. The van der Waals surface area contributed by atoms with Crippen LogP contribution in [-0.4, -0.2) is 53.8 Å². The molecule has 0 aromatic carbocycles. The van der Waals surface area contributed by atoms with Crippen LogP contribution in [0.5, 0.6) is 0 Å². The van der Waals surface area contributed by atoms with Gasteiger partial charge in [-0.15, -0.1) is 0 Å². The zero-order valence-electron chi connectivity index (χ0n) is 12.0. The number of hydrogen-bond acceptors (Lipinski definition) is 3. The topological polar surface area (TPSA) is 78.9 Å². The Hall–Kier alpha value is -1.30. The molecule has 1 aliphatic carbocycles. The molecule has 3 atom stereocenters. The van der Waals surface area contributed by atoms with Crippen molar-refractivity contribution >= 4 is 12.0 Å². The first kappa shape index (κ1) is 15.1. The van der Waals surface area contributed by atoms with Crippen LogP contribution in [-0.2, 0) is 9.53 Å². The molecule has 0 bridgehead atoms. The third-order valence-electron chi connectivity index (χ3n) is 4.35. The van der Waals surface area contributed by atoms with Crippen molar-refractivity contribution in [3.05, 3.63) is 0 Å². The summed E-state index contributed by atoms with van der Waals surface area (Å²) in [4.78, 5) is 25.4. The molecule has 1 aliphatic heterocycles. The average Bonchev–Trinajstić information content (AvgIpc) is 2.47. The Bertz CT molecular complexity index is 361. The van der Waals surface area contributed by atoms with Gasteiger partial charge in [0.15, 0.2) is 0 Å². The average molecular weight is 284 g/mol. The van der Waals surface area contributed by atoms with E-state index >= 15 is 0 Å². The Labute approximate surface area is 119 Å². The minimum absolute atomic E-state index is 0.0932. The summed E-state index contributed by atoms with van der Waals surface area (Å²) in [7, 11) is 0. The number of nitrogens with zero attached hydrogens (tertiary/aromatic N) is 1. The van der Waals surface area contributed by atoms with Crippen molar-refractivity contribution < 1.29 is 19.4 Å². The fourth-order valence-electron chi connectivity index (χ4n) is 3.10. The van der Waals surface area contributed by atoms with Gasteiger partial charge in [0.25, 0.3) is 0 Å². The van der Waals surface area contributed by atoms with Crippen molar-refractivity contribution in [1.29, 1.82) is 0 Å². The summed E-state index contributed by atoms with van der Waals surface area (Å²) in [6.45, 7) is 3.73. The molecule has 3 unspecified atom stereocenters. The van der Waals surface area contributed by atoms with Gasteiger partial charge in [-0.05, 0) is 19.3 Å². The summed E-state index contributed by atoms with van der Waals surface area (Å²) in [6.07, 6.45) is 4.17. The predicted octanol–water partition coefficient (Wildman–Crippen LogP) is 1.45. The number of carboxylic acids is 1. The summed E-state index contributed by atoms with van der Waals surface area (Å²) in [5.74, 6) is -1.25. The Balaban J connectivity index is 1.96. The number of carbonyl (C=O) groups is 2. The third-order valence-corrected chi connectivity index (χ3v) is 4.35. The van der Waals surface area contributed by atoms with Gasteiger partial charge in [-0.1, -0.05) is 19.8 Å². The van der Waals surface area contributed by atoms with Gasteiger partial charge in [-0.3, -0.25) is 4.79 Å². The maximum atomic E-state index is 12.4. The molecule has 0 aromatic heterocycles. The first-order valence-electron chi connectivity index (χ1n) is 7.51. The van der Waals surface area contributed by atoms with Gasteiger partial charge < -0.3 is 20.1 Å². The molecule has 2 fully saturated rings. The molecule has 6 heteroatoms. The van der Waals surface area contributed by atoms with Crippen molar-refractivity contribution in [1.82, 2.24) is 10.2 Å². The zero-order valence-corrected chi connectivity index (χ0v) is 12.0. The number of carbonyl (C=O) groups excluding carboxylic acids is 1.